The van der Waals surface area contributed by atoms with Crippen LogP contribution in [-0.2, 0) is 16.1 Å². The number of fused-ring (bicyclic) bond motifs is 1. The Morgan fingerprint density at radius 1 is 0.825 bits per heavy atom. The van der Waals surface area contributed by atoms with Gasteiger partial charge in [-0.05, 0) is 42.2 Å². The molecule has 40 heavy (non-hydrogen) atoms. The smallest absolute Gasteiger partial charge is 0.262 e. The number of piperazine rings is 1. The van der Waals surface area contributed by atoms with E-state index in [2.05, 4.69) is 70.6 Å². The molecule has 0 aromatic heterocycles. The largest absolute Gasteiger partial charge is 0.295 e. The van der Waals surface area contributed by atoms with E-state index in [1.54, 1.807) is 12.1 Å². The van der Waals surface area contributed by atoms with Crippen molar-refractivity contribution in [3.05, 3.63) is 107 Å². The number of nitrogens with one attached hydrogen (secondary N) is 1. The van der Waals surface area contributed by atoms with Gasteiger partial charge in [-0.15, -0.1) is 0 Å². The van der Waals surface area contributed by atoms with Gasteiger partial charge in [-0.3, -0.25) is 39.2 Å². The number of benzene rings is 3. The van der Waals surface area contributed by atoms with Gasteiger partial charge < -0.3 is 0 Å². The molecule has 3 aliphatic heterocycles. The number of carbonyl (C=O) groups excluding carboxylic acids is 4. The Kier molecular flexibility index (Phi) is 7.04. The number of rotatable bonds is 6. The Morgan fingerprint density at radius 2 is 1.48 bits per heavy atom. The molecule has 0 saturated carbocycles. The van der Waals surface area contributed by atoms with Crippen molar-refractivity contribution in [1.82, 2.24) is 20.0 Å². The van der Waals surface area contributed by atoms with E-state index in [9.17, 15) is 19.2 Å². The Morgan fingerprint density at radius 3 is 2.10 bits per heavy atom. The molecule has 2 saturated heterocycles. The zero-order valence-corrected chi connectivity index (χ0v) is 22.5. The van der Waals surface area contributed by atoms with Crippen molar-refractivity contribution in [3.63, 3.8) is 0 Å². The summed E-state index contributed by atoms with van der Waals surface area (Å²) in [6.07, 6.45) is 0.256. The van der Waals surface area contributed by atoms with E-state index in [0.717, 1.165) is 30.1 Å². The summed E-state index contributed by atoms with van der Waals surface area (Å²) >= 11 is 0. The molecule has 2 fully saturated rings. The van der Waals surface area contributed by atoms with Gasteiger partial charge in [0.25, 0.3) is 11.8 Å². The topological polar surface area (TPSA) is 90.0 Å². The van der Waals surface area contributed by atoms with Crippen molar-refractivity contribution < 1.29 is 19.2 Å². The van der Waals surface area contributed by atoms with Gasteiger partial charge in [0, 0.05) is 38.6 Å². The van der Waals surface area contributed by atoms with Crippen LogP contribution in [0, 0.1) is 0 Å². The number of carbonyl (C=O) groups is 4. The SMILES string of the molecule is C[C@@H]1CN(C(c2ccccc2)c2ccccc2)CCN1Cc1ccc2c(c1)C(=O)N(C1CCC(=O)NC1=O)C2=O. The third-order valence-electron chi connectivity index (χ3n) is 8.28. The quantitative estimate of drug-likeness (QED) is 0.486. The zero-order chi connectivity index (χ0) is 27.8. The first-order chi connectivity index (χ1) is 19.4. The average Bonchev–Trinajstić information content (AvgIpc) is 3.20. The Hall–Kier alpha value is -4.14. The summed E-state index contributed by atoms with van der Waals surface area (Å²) in [5.41, 5.74) is 4.14. The monoisotopic (exact) mass is 536 g/mol. The highest BCUT2D eigenvalue weighted by Gasteiger charge is 2.44. The number of amides is 4. The molecule has 6 rings (SSSR count). The van der Waals surface area contributed by atoms with E-state index < -0.39 is 23.8 Å². The molecular weight excluding hydrogens is 504 g/mol. The molecule has 204 valence electrons. The number of hydrogen-bond acceptors (Lipinski definition) is 6. The minimum absolute atomic E-state index is 0.105. The van der Waals surface area contributed by atoms with E-state index in [1.165, 1.54) is 11.1 Å². The third-order valence-corrected chi connectivity index (χ3v) is 8.28. The van der Waals surface area contributed by atoms with E-state index in [1.807, 2.05) is 18.2 Å². The highest BCUT2D eigenvalue weighted by atomic mass is 16.2. The van der Waals surface area contributed by atoms with Crippen LogP contribution in [0.1, 0.15) is 63.2 Å². The van der Waals surface area contributed by atoms with Gasteiger partial charge in [0.15, 0.2) is 0 Å². The standard InChI is InChI=1S/C32H32N4O4/c1-21-19-35(29(23-8-4-2-5-9-23)24-10-6-3-7-11-24)17-16-34(21)20-22-12-13-25-26(18-22)32(40)36(31(25)39)27-14-15-28(37)33-30(27)38/h2-13,18,21,27,29H,14-17,19-20H2,1H3,(H,33,37,38)/t21-,27?/m1/s1. The average molecular weight is 537 g/mol. The zero-order valence-electron chi connectivity index (χ0n) is 22.5. The Balaban J connectivity index is 1.16. The minimum Gasteiger partial charge on any atom is -0.295 e. The molecule has 0 radical (unpaired) electrons. The fraction of sp³-hybridized carbons (Fsp3) is 0.312. The summed E-state index contributed by atoms with van der Waals surface area (Å²) in [5, 5.41) is 2.24. The predicted molar refractivity (Wildman–Crippen MR) is 149 cm³/mol. The molecule has 0 spiro atoms. The molecule has 0 aliphatic carbocycles. The summed E-state index contributed by atoms with van der Waals surface area (Å²) in [5.74, 6) is -1.92. The van der Waals surface area contributed by atoms with E-state index in [-0.39, 0.29) is 30.8 Å². The minimum atomic E-state index is -0.955. The maximum Gasteiger partial charge on any atom is 0.262 e. The molecule has 8 nitrogen and oxygen atoms in total. The highest BCUT2D eigenvalue weighted by Crippen LogP contribution is 2.32. The maximum atomic E-state index is 13.2. The molecular formula is C32H32N4O4. The van der Waals surface area contributed by atoms with Crippen molar-refractivity contribution in [1.29, 1.82) is 0 Å². The predicted octanol–water partition coefficient (Wildman–Crippen LogP) is 3.38. The second kappa shape index (κ2) is 10.8. The normalized spacial score (nSPS) is 22.1. The van der Waals surface area contributed by atoms with Gasteiger partial charge in [0.2, 0.25) is 11.8 Å². The first kappa shape index (κ1) is 26.1. The van der Waals surface area contributed by atoms with Crippen LogP contribution in [0.5, 0.6) is 0 Å². The summed E-state index contributed by atoms with van der Waals surface area (Å²) in [4.78, 5) is 56.2. The Labute approximate surface area is 233 Å². The third kappa shape index (κ3) is 4.85. The molecule has 8 heteroatoms. The summed E-state index contributed by atoms with van der Waals surface area (Å²) in [7, 11) is 0. The van der Waals surface area contributed by atoms with Crippen molar-refractivity contribution in [2.75, 3.05) is 19.6 Å². The molecule has 3 aliphatic rings. The highest BCUT2D eigenvalue weighted by molar-refractivity contribution is 6.23. The number of imide groups is 2. The van der Waals surface area contributed by atoms with Crippen LogP contribution in [0.15, 0.2) is 78.9 Å². The van der Waals surface area contributed by atoms with Crippen molar-refractivity contribution in [3.8, 4) is 0 Å². The van der Waals surface area contributed by atoms with Gasteiger partial charge in [-0.1, -0.05) is 66.7 Å². The fourth-order valence-electron chi connectivity index (χ4n) is 6.23. The summed E-state index contributed by atoms with van der Waals surface area (Å²) in [6, 6.07) is 26.1. The maximum absolute atomic E-state index is 13.2. The molecule has 2 atom stereocenters. The van der Waals surface area contributed by atoms with Crippen molar-refractivity contribution >= 4 is 23.6 Å². The van der Waals surface area contributed by atoms with Gasteiger partial charge in [-0.25, -0.2) is 0 Å². The first-order valence-corrected chi connectivity index (χ1v) is 13.8. The molecule has 0 bridgehead atoms. The Bertz CT molecular complexity index is 1420. The molecule has 3 aromatic rings. The van der Waals surface area contributed by atoms with Crippen LogP contribution in [0.25, 0.3) is 0 Å². The van der Waals surface area contributed by atoms with Gasteiger partial charge in [0.05, 0.1) is 17.2 Å². The van der Waals surface area contributed by atoms with Crippen LogP contribution >= 0.6 is 0 Å². The molecule has 1 unspecified atom stereocenters. The van der Waals surface area contributed by atoms with E-state index in [4.69, 9.17) is 0 Å². The molecule has 3 heterocycles. The molecule has 1 N–H and O–H groups in total. The van der Waals surface area contributed by atoms with Crippen LogP contribution < -0.4 is 5.32 Å². The second-order valence-corrected chi connectivity index (χ2v) is 10.9. The van der Waals surface area contributed by atoms with Crippen LogP contribution in [0.2, 0.25) is 0 Å². The van der Waals surface area contributed by atoms with E-state index in [0.29, 0.717) is 17.7 Å². The van der Waals surface area contributed by atoms with Crippen LogP contribution in [-0.4, -0.2) is 70.0 Å². The lowest BCUT2D eigenvalue weighted by Gasteiger charge is -2.43. The number of piperidine rings is 1. The van der Waals surface area contributed by atoms with Gasteiger partial charge in [-0.2, -0.15) is 0 Å². The first-order valence-electron chi connectivity index (χ1n) is 13.8. The lowest BCUT2D eigenvalue weighted by atomic mass is 9.95. The van der Waals surface area contributed by atoms with Crippen molar-refractivity contribution in [2.24, 2.45) is 0 Å². The van der Waals surface area contributed by atoms with Crippen LogP contribution in [0.4, 0.5) is 0 Å². The van der Waals surface area contributed by atoms with Crippen LogP contribution in [0.3, 0.4) is 0 Å². The summed E-state index contributed by atoms with van der Waals surface area (Å²) < 4.78 is 0. The molecule has 3 aromatic carbocycles. The molecule has 4 amide bonds. The van der Waals surface area contributed by atoms with E-state index >= 15 is 0 Å². The lowest BCUT2D eigenvalue weighted by Crippen LogP contribution is -2.54. The number of nitrogens with zero attached hydrogens (tertiary/aromatic N) is 3. The fourth-order valence-corrected chi connectivity index (χ4v) is 6.23. The van der Waals surface area contributed by atoms with Gasteiger partial charge >= 0.3 is 0 Å². The number of hydrogen-bond donors (Lipinski definition) is 1. The lowest BCUT2D eigenvalue weighted by molar-refractivity contribution is -0.136. The second-order valence-electron chi connectivity index (χ2n) is 10.9. The van der Waals surface area contributed by atoms with Crippen molar-refractivity contribution in [2.45, 2.75) is 44.4 Å². The summed E-state index contributed by atoms with van der Waals surface area (Å²) in [6.45, 7) is 5.53. The van der Waals surface area contributed by atoms with Gasteiger partial charge in [0.1, 0.15) is 6.04 Å².